The molecule has 0 aliphatic carbocycles. The van der Waals surface area contributed by atoms with E-state index in [9.17, 15) is 4.79 Å². The second-order valence-corrected chi connectivity index (χ2v) is 8.32. The molecule has 0 atom stereocenters. The van der Waals surface area contributed by atoms with Gasteiger partial charge in [-0.15, -0.1) is 10.2 Å². The monoisotopic (exact) mass is 362 g/mol. The number of thioether (sulfide) groups is 1. The topological polar surface area (TPSA) is 58.1 Å². The predicted molar refractivity (Wildman–Crippen MR) is 99.4 cm³/mol. The summed E-state index contributed by atoms with van der Waals surface area (Å²) in [4.78, 5) is 14.8. The summed E-state index contributed by atoms with van der Waals surface area (Å²) in [5.74, 6) is 1.12. The molecule has 1 aromatic heterocycles. The van der Waals surface area contributed by atoms with Crippen molar-refractivity contribution in [1.82, 2.24) is 15.1 Å². The van der Waals surface area contributed by atoms with Crippen LogP contribution in [-0.2, 0) is 11.3 Å². The van der Waals surface area contributed by atoms with Gasteiger partial charge in [0.25, 0.3) is 0 Å². The largest absolute Gasteiger partial charge is 0.300 e. The quantitative estimate of drug-likeness (QED) is 0.629. The number of anilines is 1. The molecular weight excluding hydrogens is 340 g/mol. The van der Waals surface area contributed by atoms with Crippen molar-refractivity contribution in [3.05, 3.63) is 35.9 Å². The van der Waals surface area contributed by atoms with E-state index in [-0.39, 0.29) is 11.8 Å². The normalized spacial score (nSPS) is 16.2. The highest BCUT2D eigenvalue weighted by Crippen LogP contribution is 2.26. The maximum Gasteiger partial charge on any atom is 0.229 e. The second kappa shape index (κ2) is 8.60. The van der Waals surface area contributed by atoms with E-state index in [1.807, 2.05) is 6.07 Å². The molecule has 0 spiro atoms. The number of hydrogen-bond acceptors (Lipinski definition) is 6. The van der Waals surface area contributed by atoms with Crippen LogP contribution in [0.5, 0.6) is 0 Å². The van der Waals surface area contributed by atoms with E-state index in [1.165, 1.54) is 16.9 Å². The van der Waals surface area contributed by atoms with Crippen molar-refractivity contribution in [2.75, 3.05) is 24.2 Å². The predicted octanol–water partition coefficient (Wildman–Crippen LogP) is 3.50. The molecule has 2 heterocycles. The molecule has 2 aromatic rings. The first-order valence-corrected chi connectivity index (χ1v) is 10.1. The van der Waals surface area contributed by atoms with Gasteiger partial charge in [-0.05, 0) is 37.2 Å². The van der Waals surface area contributed by atoms with E-state index in [1.54, 1.807) is 11.8 Å². The van der Waals surface area contributed by atoms with Crippen LogP contribution in [0.1, 0.15) is 25.3 Å². The average Bonchev–Trinajstić information content (AvgIpc) is 3.04. The summed E-state index contributed by atoms with van der Waals surface area (Å²) in [6, 6.07) is 10.5. The standard InChI is InChI=1S/C17H22N4OS2/c1-2-23-17-20-19-16(24-17)18-15(22)14-8-10-21(11-9-14)12-13-6-4-3-5-7-13/h3-7,14H,2,8-12H2,1H3,(H,18,19,22). The third kappa shape index (κ3) is 4.78. The van der Waals surface area contributed by atoms with E-state index in [2.05, 4.69) is 51.6 Å². The Balaban J connectivity index is 1.46. The molecule has 0 unspecified atom stereocenters. The van der Waals surface area contributed by atoms with Crippen LogP contribution in [0, 0.1) is 5.92 Å². The summed E-state index contributed by atoms with van der Waals surface area (Å²) >= 11 is 3.10. The molecule has 1 N–H and O–H groups in total. The molecule has 0 radical (unpaired) electrons. The van der Waals surface area contributed by atoms with Gasteiger partial charge in [-0.1, -0.05) is 60.4 Å². The third-order valence-electron chi connectivity index (χ3n) is 4.11. The maximum absolute atomic E-state index is 12.4. The molecule has 7 heteroatoms. The number of amides is 1. The number of nitrogens with one attached hydrogen (secondary N) is 1. The molecule has 24 heavy (non-hydrogen) atoms. The van der Waals surface area contributed by atoms with Crippen LogP contribution in [0.3, 0.4) is 0 Å². The van der Waals surface area contributed by atoms with Crippen molar-refractivity contribution in [3.8, 4) is 0 Å². The lowest BCUT2D eigenvalue weighted by Crippen LogP contribution is -2.37. The van der Waals surface area contributed by atoms with E-state index in [0.29, 0.717) is 5.13 Å². The Hall–Kier alpha value is -1.44. The summed E-state index contributed by atoms with van der Waals surface area (Å²) in [6.45, 7) is 4.96. The molecule has 1 aliphatic rings. The lowest BCUT2D eigenvalue weighted by molar-refractivity contribution is -0.121. The Labute approximate surface area is 150 Å². The maximum atomic E-state index is 12.4. The summed E-state index contributed by atoms with van der Waals surface area (Å²) in [7, 11) is 0. The number of piperidine rings is 1. The first-order chi connectivity index (χ1) is 11.7. The van der Waals surface area contributed by atoms with Crippen LogP contribution in [-0.4, -0.2) is 39.8 Å². The minimum absolute atomic E-state index is 0.0724. The smallest absolute Gasteiger partial charge is 0.229 e. The van der Waals surface area contributed by atoms with Gasteiger partial charge in [-0.2, -0.15) is 0 Å². The number of aromatic nitrogens is 2. The van der Waals surface area contributed by atoms with Gasteiger partial charge in [-0.3, -0.25) is 9.69 Å². The Kier molecular flexibility index (Phi) is 6.23. The number of nitrogens with zero attached hydrogens (tertiary/aromatic N) is 3. The minimum atomic E-state index is 0.0724. The van der Waals surface area contributed by atoms with Crippen molar-refractivity contribution in [2.24, 2.45) is 5.92 Å². The van der Waals surface area contributed by atoms with Crippen molar-refractivity contribution in [1.29, 1.82) is 0 Å². The van der Waals surface area contributed by atoms with Crippen LogP contribution in [0.25, 0.3) is 0 Å². The van der Waals surface area contributed by atoms with E-state index in [4.69, 9.17) is 0 Å². The lowest BCUT2D eigenvalue weighted by atomic mass is 9.95. The first-order valence-electron chi connectivity index (χ1n) is 8.28. The van der Waals surface area contributed by atoms with Crippen molar-refractivity contribution in [2.45, 2.75) is 30.6 Å². The average molecular weight is 363 g/mol. The number of carbonyl (C=O) groups is 1. The minimum Gasteiger partial charge on any atom is -0.300 e. The van der Waals surface area contributed by atoms with Gasteiger partial charge in [0.2, 0.25) is 11.0 Å². The fourth-order valence-electron chi connectivity index (χ4n) is 2.84. The molecular formula is C17H22N4OS2. The van der Waals surface area contributed by atoms with Crippen LogP contribution >= 0.6 is 23.1 Å². The molecule has 128 valence electrons. The van der Waals surface area contributed by atoms with E-state index in [0.717, 1.165) is 42.6 Å². The summed E-state index contributed by atoms with van der Waals surface area (Å²) < 4.78 is 0.908. The Morgan fingerprint density at radius 1 is 1.29 bits per heavy atom. The third-order valence-corrected chi connectivity index (χ3v) is 5.97. The molecule has 3 rings (SSSR count). The zero-order valence-electron chi connectivity index (χ0n) is 13.8. The zero-order chi connectivity index (χ0) is 16.8. The number of hydrogen-bond donors (Lipinski definition) is 1. The molecule has 1 amide bonds. The van der Waals surface area contributed by atoms with Crippen LogP contribution in [0.2, 0.25) is 0 Å². The SMILES string of the molecule is CCSc1nnc(NC(=O)C2CCN(Cc3ccccc3)CC2)s1. The molecule has 0 bridgehead atoms. The molecule has 1 fully saturated rings. The summed E-state index contributed by atoms with van der Waals surface area (Å²) in [6.07, 6.45) is 1.79. The number of likely N-dealkylation sites (tertiary alicyclic amines) is 1. The van der Waals surface area contributed by atoms with Crippen molar-refractivity contribution >= 4 is 34.1 Å². The van der Waals surface area contributed by atoms with Crippen molar-refractivity contribution < 1.29 is 4.79 Å². The van der Waals surface area contributed by atoms with Gasteiger partial charge < -0.3 is 5.32 Å². The van der Waals surface area contributed by atoms with Gasteiger partial charge in [-0.25, -0.2) is 0 Å². The van der Waals surface area contributed by atoms with Crippen LogP contribution in [0.15, 0.2) is 34.7 Å². The fourth-order valence-corrected chi connectivity index (χ4v) is 4.50. The molecule has 5 nitrogen and oxygen atoms in total. The van der Waals surface area contributed by atoms with Crippen molar-refractivity contribution in [3.63, 3.8) is 0 Å². The van der Waals surface area contributed by atoms with Crippen LogP contribution < -0.4 is 5.32 Å². The van der Waals surface area contributed by atoms with E-state index < -0.39 is 0 Å². The number of carbonyl (C=O) groups excluding carboxylic acids is 1. The second-order valence-electron chi connectivity index (χ2n) is 5.83. The van der Waals surface area contributed by atoms with Crippen LogP contribution in [0.4, 0.5) is 5.13 Å². The van der Waals surface area contributed by atoms with Gasteiger partial charge in [0, 0.05) is 12.5 Å². The highest BCUT2D eigenvalue weighted by atomic mass is 32.2. The Morgan fingerprint density at radius 3 is 2.75 bits per heavy atom. The summed E-state index contributed by atoms with van der Waals surface area (Å²) in [5, 5.41) is 11.7. The van der Waals surface area contributed by atoms with Gasteiger partial charge in [0.15, 0.2) is 4.34 Å². The fraction of sp³-hybridized carbons (Fsp3) is 0.471. The molecule has 1 aliphatic heterocycles. The first kappa shape index (κ1) is 17.4. The van der Waals surface area contributed by atoms with Gasteiger partial charge in [0.1, 0.15) is 0 Å². The Morgan fingerprint density at radius 2 is 2.04 bits per heavy atom. The van der Waals surface area contributed by atoms with Gasteiger partial charge in [0.05, 0.1) is 0 Å². The molecule has 1 saturated heterocycles. The zero-order valence-corrected chi connectivity index (χ0v) is 15.4. The highest BCUT2D eigenvalue weighted by molar-refractivity contribution is 8.01. The molecule has 0 saturated carbocycles. The van der Waals surface area contributed by atoms with E-state index >= 15 is 0 Å². The Bertz CT molecular complexity index is 654. The highest BCUT2D eigenvalue weighted by Gasteiger charge is 2.25. The lowest BCUT2D eigenvalue weighted by Gasteiger charge is -2.31. The summed E-state index contributed by atoms with van der Waals surface area (Å²) in [5.41, 5.74) is 1.33. The number of benzene rings is 1. The molecule has 1 aromatic carbocycles. The van der Waals surface area contributed by atoms with Gasteiger partial charge >= 0.3 is 0 Å². The number of rotatable bonds is 6.